The Balaban J connectivity index is 2.11. The Hall–Kier alpha value is -2.14. The number of benzene rings is 1. The van der Waals surface area contributed by atoms with Crippen molar-refractivity contribution in [3.05, 3.63) is 63.6 Å². The van der Waals surface area contributed by atoms with Crippen LogP contribution in [-0.4, -0.2) is 4.92 Å². The van der Waals surface area contributed by atoms with Crippen molar-refractivity contribution in [3.63, 3.8) is 0 Å². The van der Waals surface area contributed by atoms with Crippen LogP contribution in [0.2, 0.25) is 0 Å². The van der Waals surface area contributed by atoms with Gasteiger partial charge in [-0.3, -0.25) is 10.1 Å². The average molecular weight is 274 g/mol. The fourth-order valence-electron chi connectivity index (χ4n) is 2.23. The molecule has 0 aliphatic heterocycles. The van der Waals surface area contributed by atoms with Crippen LogP contribution in [0, 0.1) is 17.0 Å². The van der Waals surface area contributed by atoms with Crippen LogP contribution in [0.25, 0.3) is 0 Å². The van der Waals surface area contributed by atoms with Crippen molar-refractivity contribution in [1.29, 1.82) is 0 Å². The van der Waals surface area contributed by atoms with Crippen molar-refractivity contribution in [3.8, 4) is 0 Å². The highest BCUT2D eigenvalue weighted by Gasteiger charge is 2.15. The van der Waals surface area contributed by atoms with Crippen molar-refractivity contribution < 1.29 is 9.34 Å². The van der Waals surface area contributed by atoms with Crippen LogP contribution >= 0.6 is 0 Å². The van der Waals surface area contributed by atoms with Gasteiger partial charge >= 0.3 is 0 Å². The topological polar surface area (TPSA) is 68.3 Å². The van der Waals surface area contributed by atoms with E-state index in [9.17, 15) is 10.1 Å². The minimum atomic E-state index is -0.345. The van der Waals surface area contributed by atoms with Gasteiger partial charge in [-0.2, -0.15) is 0 Å². The van der Waals surface area contributed by atoms with E-state index in [0.29, 0.717) is 12.1 Å². The number of nitrogens with one attached hydrogen (secondary N) is 1. The highest BCUT2D eigenvalue weighted by molar-refractivity contribution is 5.44. The van der Waals surface area contributed by atoms with E-state index in [0.717, 1.165) is 17.7 Å². The van der Waals surface area contributed by atoms with Crippen molar-refractivity contribution in [2.75, 3.05) is 0 Å². The molecule has 0 radical (unpaired) electrons. The van der Waals surface area contributed by atoms with E-state index >= 15 is 0 Å². The number of nitro benzene ring substituents is 1. The molecule has 1 aromatic carbocycles. The monoisotopic (exact) mass is 274 g/mol. The van der Waals surface area contributed by atoms with Crippen molar-refractivity contribution >= 4 is 5.69 Å². The molecule has 2 rings (SSSR count). The standard InChI is InChI=1S/C15H18N2O3/c1-3-13(15-8-5-9-20-15)16-10-12-6-4-7-14(11(12)2)17(18)19/h4-9,13,16H,3,10H2,1-2H3. The second-order valence-corrected chi connectivity index (χ2v) is 4.68. The number of hydrogen-bond acceptors (Lipinski definition) is 4. The molecule has 0 aliphatic carbocycles. The molecular weight excluding hydrogens is 256 g/mol. The summed E-state index contributed by atoms with van der Waals surface area (Å²) >= 11 is 0. The maximum absolute atomic E-state index is 10.9. The van der Waals surface area contributed by atoms with Gasteiger partial charge in [-0.05, 0) is 31.0 Å². The number of rotatable bonds is 6. The third-order valence-corrected chi connectivity index (χ3v) is 3.45. The Morgan fingerprint density at radius 1 is 1.35 bits per heavy atom. The second-order valence-electron chi connectivity index (χ2n) is 4.68. The lowest BCUT2D eigenvalue weighted by molar-refractivity contribution is -0.385. The largest absolute Gasteiger partial charge is 0.468 e. The quantitative estimate of drug-likeness (QED) is 0.643. The van der Waals surface area contributed by atoms with E-state index in [1.165, 1.54) is 6.07 Å². The molecule has 106 valence electrons. The Bertz CT molecular complexity index is 579. The van der Waals surface area contributed by atoms with Crippen LogP contribution in [0.3, 0.4) is 0 Å². The van der Waals surface area contributed by atoms with Crippen molar-refractivity contribution in [2.24, 2.45) is 0 Å². The van der Waals surface area contributed by atoms with Gasteiger partial charge in [0, 0.05) is 18.2 Å². The molecule has 20 heavy (non-hydrogen) atoms. The van der Waals surface area contributed by atoms with Gasteiger partial charge in [-0.1, -0.05) is 19.1 Å². The molecule has 0 fully saturated rings. The van der Waals surface area contributed by atoms with Gasteiger partial charge in [-0.25, -0.2) is 0 Å². The summed E-state index contributed by atoms with van der Waals surface area (Å²) in [6.45, 7) is 4.43. The average Bonchev–Trinajstić information content (AvgIpc) is 2.95. The molecule has 5 nitrogen and oxygen atoms in total. The Kier molecular flexibility index (Phi) is 4.53. The summed E-state index contributed by atoms with van der Waals surface area (Å²) in [4.78, 5) is 10.6. The number of furan rings is 1. The summed E-state index contributed by atoms with van der Waals surface area (Å²) in [7, 11) is 0. The first kappa shape index (κ1) is 14.3. The second kappa shape index (κ2) is 6.34. The van der Waals surface area contributed by atoms with Crippen LogP contribution in [0.4, 0.5) is 5.69 Å². The molecule has 5 heteroatoms. The van der Waals surface area contributed by atoms with E-state index in [2.05, 4.69) is 12.2 Å². The van der Waals surface area contributed by atoms with Gasteiger partial charge in [0.15, 0.2) is 0 Å². The molecule has 1 unspecified atom stereocenters. The lowest BCUT2D eigenvalue weighted by atomic mass is 10.1. The molecule has 0 bridgehead atoms. The normalized spacial score (nSPS) is 12.3. The summed E-state index contributed by atoms with van der Waals surface area (Å²) in [6.07, 6.45) is 2.54. The van der Waals surface area contributed by atoms with Gasteiger partial charge < -0.3 is 9.73 Å². The Morgan fingerprint density at radius 3 is 2.75 bits per heavy atom. The summed E-state index contributed by atoms with van der Waals surface area (Å²) in [6, 6.07) is 9.06. The first-order valence-corrected chi connectivity index (χ1v) is 6.63. The molecule has 0 saturated carbocycles. The predicted molar refractivity (Wildman–Crippen MR) is 76.4 cm³/mol. The highest BCUT2D eigenvalue weighted by atomic mass is 16.6. The van der Waals surface area contributed by atoms with E-state index in [1.54, 1.807) is 19.3 Å². The van der Waals surface area contributed by atoms with Gasteiger partial charge in [0.2, 0.25) is 0 Å². The van der Waals surface area contributed by atoms with E-state index in [1.807, 2.05) is 18.2 Å². The predicted octanol–water partition coefficient (Wildman–Crippen LogP) is 3.74. The Morgan fingerprint density at radius 2 is 2.15 bits per heavy atom. The summed E-state index contributed by atoms with van der Waals surface area (Å²) < 4.78 is 5.40. The first-order valence-electron chi connectivity index (χ1n) is 6.63. The SMILES string of the molecule is CCC(NCc1cccc([N+](=O)[O-])c1C)c1ccco1. The molecule has 1 atom stereocenters. The third kappa shape index (κ3) is 3.05. The smallest absolute Gasteiger partial charge is 0.272 e. The number of nitro groups is 1. The molecule has 0 amide bonds. The molecule has 1 heterocycles. The summed E-state index contributed by atoms with van der Waals surface area (Å²) in [5.74, 6) is 0.885. The van der Waals surface area contributed by atoms with E-state index in [4.69, 9.17) is 4.42 Å². The molecule has 0 spiro atoms. The van der Waals surface area contributed by atoms with Crippen LogP contribution in [0.1, 0.15) is 36.3 Å². The number of hydrogen-bond donors (Lipinski definition) is 1. The minimum absolute atomic E-state index is 0.115. The van der Waals surface area contributed by atoms with Gasteiger partial charge in [0.25, 0.3) is 5.69 Å². The highest BCUT2D eigenvalue weighted by Crippen LogP contribution is 2.23. The van der Waals surface area contributed by atoms with E-state index < -0.39 is 0 Å². The minimum Gasteiger partial charge on any atom is -0.468 e. The van der Waals surface area contributed by atoms with Gasteiger partial charge in [-0.15, -0.1) is 0 Å². The first-order chi connectivity index (χ1) is 9.63. The lowest BCUT2D eigenvalue weighted by Crippen LogP contribution is -2.20. The fourth-order valence-corrected chi connectivity index (χ4v) is 2.23. The summed E-state index contributed by atoms with van der Waals surface area (Å²) in [5.41, 5.74) is 1.80. The molecule has 1 aromatic heterocycles. The molecular formula is C15H18N2O3. The molecule has 2 aromatic rings. The van der Waals surface area contributed by atoms with Crippen LogP contribution < -0.4 is 5.32 Å². The zero-order valence-corrected chi connectivity index (χ0v) is 11.6. The molecule has 0 aliphatic rings. The van der Waals surface area contributed by atoms with Crippen LogP contribution in [0.5, 0.6) is 0 Å². The van der Waals surface area contributed by atoms with E-state index in [-0.39, 0.29) is 16.7 Å². The van der Waals surface area contributed by atoms with Crippen LogP contribution in [-0.2, 0) is 6.54 Å². The lowest BCUT2D eigenvalue weighted by Gasteiger charge is -2.15. The van der Waals surface area contributed by atoms with Crippen LogP contribution in [0.15, 0.2) is 41.0 Å². The zero-order chi connectivity index (χ0) is 14.5. The molecule has 0 saturated heterocycles. The zero-order valence-electron chi connectivity index (χ0n) is 11.6. The fraction of sp³-hybridized carbons (Fsp3) is 0.333. The Labute approximate surface area is 117 Å². The van der Waals surface area contributed by atoms with Gasteiger partial charge in [0.1, 0.15) is 5.76 Å². The maximum atomic E-state index is 10.9. The third-order valence-electron chi connectivity index (χ3n) is 3.45. The maximum Gasteiger partial charge on any atom is 0.272 e. The molecule has 1 N–H and O–H groups in total. The van der Waals surface area contributed by atoms with Crippen molar-refractivity contribution in [2.45, 2.75) is 32.9 Å². The number of nitrogens with zero attached hydrogens (tertiary/aromatic N) is 1. The van der Waals surface area contributed by atoms with Gasteiger partial charge in [0.05, 0.1) is 17.2 Å². The summed E-state index contributed by atoms with van der Waals surface area (Å²) in [5, 5.41) is 14.3. The van der Waals surface area contributed by atoms with Crippen molar-refractivity contribution in [1.82, 2.24) is 5.32 Å².